The van der Waals surface area contributed by atoms with E-state index in [1.807, 2.05) is 12.1 Å². The fraction of sp³-hybridized carbons (Fsp3) is 0.118. The Balaban J connectivity index is 2.25. The maximum atomic E-state index is 3.78. The van der Waals surface area contributed by atoms with Gasteiger partial charge in [-0.3, -0.25) is 0 Å². The van der Waals surface area contributed by atoms with E-state index < -0.39 is 0 Å². The standard InChI is InChI=1S/C17H16BrN2/c1-19-16(13-9-5-3-6-10-13)15(18)17(20(19)2)14-11-7-4-8-12-14/h3-12H,1-2H3/q+1. The van der Waals surface area contributed by atoms with Crippen LogP contribution in [0.15, 0.2) is 65.1 Å². The predicted octanol–water partition coefficient (Wildman–Crippen LogP) is 3.95. The molecule has 0 N–H and O–H groups in total. The van der Waals surface area contributed by atoms with Crippen molar-refractivity contribution >= 4 is 15.9 Å². The zero-order valence-electron chi connectivity index (χ0n) is 11.5. The summed E-state index contributed by atoms with van der Waals surface area (Å²) >= 11 is 3.78. The van der Waals surface area contributed by atoms with Crippen LogP contribution in [0.2, 0.25) is 0 Å². The average molecular weight is 328 g/mol. The third-order valence-electron chi connectivity index (χ3n) is 3.61. The zero-order chi connectivity index (χ0) is 14.1. The summed E-state index contributed by atoms with van der Waals surface area (Å²) in [5.74, 6) is 0. The average Bonchev–Trinajstić information content (AvgIpc) is 2.71. The molecule has 0 atom stereocenters. The summed E-state index contributed by atoms with van der Waals surface area (Å²) in [7, 11) is 4.17. The van der Waals surface area contributed by atoms with Crippen molar-refractivity contribution < 1.29 is 4.68 Å². The summed E-state index contributed by atoms with van der Waals surface area (Å²) in [6.45, 7) is 0. The van der Waals surface area contributed by atoms with Crippen LogP contribution in [0.4, 0.5) is 0 Å². The number of hydrogen-bond acceptors (Lipinski definition) is 0. The molecule has 0 aliphatic carbocycles. The van der Waals surface area contributed by atoms with Crippen molar-refractivity contribution in [3.63, 3.8) is 0 Å². The molecule has 0 aliphatic heterocycles. The summed E-state index contributed by atoms with van der Waals surface area (Å²) < 4.78 is 5.46. The van der Waals surface area contributed by atoms with Crippen LogP contribution in [0, 0.1) is 0 Å². The number of rotatable bonds is 2. The minimum Gasteiger partial charge on any atom is -0.155 e. The third kappa shape index (κ3) is 2.08. The molecule has 0 unspecified atom stereocenters. The van der Waals surface area contributed by atoms with Crippen LogP contribution in [0.1, 0.15) is 0 Å². The summed E-state index contributed by atoms with van der Waals surface area (Å²) in [5, 5.41) is 0. The van der Waals surface area contributed by atoms with E-state index >= 15 is 0 Å². The van der Waals surface area contributed by atoms with Gasteiger partial charge in [-0.2, -0.15) is 4.68 Å². The monoisotopic (exact) mass is 327 g/mol. The van der Waals surface area contributed by atoms with Gasteiger partial charge in [-0.15, -0.1) is 4.68 Å². The second kappa shape index (κ2) is 5.25. The van der Waals surface area contributed by atoms with E-state index in [0.29, 0.717) is 0 Å². The minimum absolute atomic E-state index is 1.12. The molecule has 2 nitrogen and oxygen atoms in total. The lowest BCUT2D eigenvalue weighted by Crippen LogP contribution is -2.39. The molecule has 1 aromatic heterocycles. The SMILES string of the molecule is Cn1c(-c2ccccc2)c(Br)c(-c2ccccc2)[n+]1C. The molecule has 0 saturated carbocycles. The van der Waals surface area contributed by atoms with Gasteiger partial charge in [0.25, 0.3) is 5.69 Å². The van der Waals surface area contributed by atoms with Crippen molar-refractivity contribution in [2.75, 3.05) is 0 Å². The van der Waals surface area contributed by atoms with Crippen LogP contribution in [0.5, 0.6) is 0 Å². The maximum absolute atomic E-state index is 3.78. The summed E-state index contributed by atoms with van der Waals surface area (Å²) in [4.78, 5) is 0. The highest BCUT2D eigenvalue weighted by atomic mass is 79.9. The molecule has 100 valence electrons. The number of benzene rings is 2. The fourth-order valence-electron chi connectivity index (χ4n) is 2.52. The second-order valence-corrected chi connectivity index (χ2v) is 5.58. The van der Waals surface area contributed by atoms with Crippen molar-refractivity contribution in [1.29, 1.82) is 0 Å². The van der Waals surface area contributed by atoms with Crippen molar-refractivity contribution in [2.24, 2.45) is 14.1 Å². The lowest BCUT2D eigenvalue weighted by molar-refractivity contribution is -0.740. The number of halogens is 1. The van der Waals surface area contributed by atoms with Crippen LogP contribution in [0.3, 0.4) is 0 Å². The van der Waals surface area contributed by atoms with Gasteiger partial charge in [0, 0.05) is 11.1 Å². The quantitative estimate of drug-likeness (QED) is 0.630. The van der Waals surface area contributed by atoms with E-state index in [4.69, 9.17) is 0 Å². The van der Waals surface area contributed by atoms with Gasteiger partial charge in [-0.05, 0) is 28.1 Å². The first-order valence-corrected chi connectivity index (χ1v) is 7.34. The number of aromatic nitrogens is 2. The van der Waals surface area contributed by atoms with E-state index in [1.54, 1.807) is 0 Å². The Hall–Kier alpha value is -1.87. The highest BCUT2D eigenvalue weighted by Crippen LogP contribution is 2.34. The van der Waals surface area contributed by atoms with E-state index in [-0.39, 0.29) is 0 Å². The van der Waals surface area contributed by atoms with E-state index in [9.17, 15) is 0 Å². The normalized spacial score (nSPS) is 10.8. The van der Waals surface area contributed by atoms with E-state index in [2.05, 4.69) is 87.9 Å². The third-order valence-corrected chi connectivity index (χ3v) is 4.36. The van der Waals surface area contributed by atoms with Gasteiger partial charge in [0.1, 0.15) is 10.2 Å². The second-order valence-electron chi connectivity index (χ2n) is 4.79. The first-order valence-electron chi connectivity index (χ1n) is 6.55. The fourth-order valence-corrected chi connectivity index (χ4v) is 3.49. The van der Waals surface area contributed by atoms with Gasteiger partial charge in [-0.1, -0.05) is 48.5 Å². The van der Waals surface area contributed by atoms with Gasteiger partial charge in [-0.25, -0.2) is 0 Å². The summed E-state index contributed by atoms with van der Waals surface area (Å²) in [6.07, 6.45) is 0. The molecule has 3 aromatic rings. The summed E-state index contributed by atoms with van der Waals surface area (Å²) in [6, 6.07) is 20.9. The van der Waals surface area contributed by atoms with Crippen LogP contribution in [-0.4, -0.2) is 4.68 Å². The molecule has 3 rings (SSSR count). The Kier molecular flexibility index (Phi) is 3.45. The Bertz CT molecular complexity index is 668. The van der Waals surface area contributed by atoms with Crippen LogP contribution in [-0.2, 0) is 14.1 Å². The minimum atomic E-state index is 1.12. The molecule has 0 radical (unpaired) electrons. The van der Waals surface area contributed by atoms with E-state index in [0.717, 1.165) is 4.47 Å². The molecule has 2 aromatic carbocycles. The Morgan fingerprint density at radius 3 is 1.90 bits per heavy atom. The molecule has 3 heteroatoms. The van der Waals surface area contributed by atoms with Crippen LogP contribution in [0.25, 0.3) is 22.5 Å². The largest absolute Gasteiger partial charge is 0.253 e. The Labute approximate surface area is 127 Å². The highest BCUT2D eigenvalue weighted by Gasteiger charge is 2.26. The molecular formula is C17H16BrN2+. The van der Waals surface area contributed by atoms with Crippen LogP contribution < -0.4 is 4.68 Å². The van der Waals surface area contributed by atoms with Gasteiger partial charge >= 0.3 is 0 Å². The Morgan fingerprint density at radius 2 is 1.35 bits per heavy atom. The Morgan fingerprint density at radius 1 is 0.850 bits per heavy atom. The lowest BCUT2D eigenvalue weighted by Gasteiger charge is -1.99. The van der Waals surface area contributed by atoms with Gasteiger partial charge in [0.2, 0.25) is 0 Å². The van der Waals surface area contributed by atoms with Gasteiger partial charge in [0.15, 0.2) is 7.05 Å². The molecule has 0 bridgehead atoms. The molecule has 0 fully saturated rings. The molecule has 0 amide bonds. The maximum Gasteiger partial charge on any atom is 0.253 e. The predicted molar refractivity (Wildman–Crippen MR) is 85.2 cm³/mol. The van der Waals surface area contributed by atoms with Crippen molar-refractivity contribution in [3.05, 3.63) is 65.1 Å². The number of nitrogens with zero attached hydrogens (tertiary/aromatic N) is 2. The number of hydrogen-bond donors (Lipinski definition) is 0. The van der Waals surface area contributed by atoms with Crippen molar-refractivity contribution in [2.45, 2.75) is 0 Å². The van der Waals surface area contributed by atoms with E-state index in [1.165, 1.54) is 22.5 Å². The van der Waals surface area contributed by atoms with Crippen molar-refractivity contribution in [3.8, 4) is 22.5 Å². The summed E-state index contributed by atoms with van der Waals surface area (Å²) in [5.41, 5.74) is 4.79. The molecular weight excluding hydrogens is 312 g/mol. The molecule has 0 aliphatic rings. The van der Waals surface area contributed by atoms with Gasteiger partial charge < -0.3 is 0 Å². The first kappa shape index (κ1) is 13.1. The molecule has 20 heavy (non-hydrogen) atoms. The molecule has 1 heterocycles. The van der Waals surface area contributed by atoms with Crippen LogP contribution >= 0.6 is 15.9 Å². The highest BCUT2D eigenvalue weighted by molar-refractivity contribution is 9.10. The first-order chi connectivity index (χ1) is 9.70. The zero-order valence-corrected chi connectivity index (χ0v) is 13.1. The lowest BCUT2D eigenvalue weighted by atomic mass is 10.1. The smallest absolute Gasteiger partial charge is 0.155 e. The van der Waals surface area contributed by atoms with Crippen molar-refractivity contribution in [1.82, 2.24) is 4.68 Å². The molecule has 0 spiro atoms. The van der Waals surface area contributed by atoms with Gasteiger partial charge in [0.05, 0.1) is 7.05 Å². The topological polar surface area (TPSA) is 8.81 Å². The molecule has 0 saturated heterocycles.